The Morgan fingerprint density at radius 2 is 2.06 bits per heavy atom. The van der Waals surface area contributed by atoms with Gasteiger partial charge in [-0.05, 0) is 34.1 Å². The number of aliphatic hydroxyl groups excluding tert-OH is 1. The molecule has 0 saturated carbocycles. The van der Waals surface area contributed by atoms with E-state index in [0.29, 0.717) is 0 Å². The molecule has 2 N–H and O–H groups in total. The van der Waals surface area contributed by atoms with Crippen LogP contribution in [0.1, 0.15) is 41.0 Å². The van der Waals surface area contributed by atoms with Gasteiger partial charge >= 0.3 is 6.09 Å². The molecule has 0 aliphatic heterocycles. The molecular weight excluding hydrogens is 206 g/mol. The number of alkyl carbamates (subject to hydrolysis) is 1. The Morgan fingerprint density at radius 3 is 2.38 bits per heavy atom. The van der Waals surface area contributed by atoms with Crippen molar-refractivity contribution < 1.29 is 14.6 Å². The molecule has 0 bridgehead atoms. The van der Waals surface area contributed by atoms with Crippen LogP contribution >= 0.6 is 0 Å². The third-order valence-corrected chi connectivity index (χ3v) is 2.10. The molecule has 16 heavy (non-hydrogen) atoms. The van der Waals surface area contributed by atoms with Crippen LogP contribution in [0.5, 0.6) is 0 Å². The Hall–Kier alpha value is -1.03. The Labute approximate surface area is 97.7 Å². The van der Waals surface area contributed by atoms with Crippen molar-refractivity contribution in [2.45, 2.75) is 52.7 Å². The van der Waals surface area contributed by atoms with Crippen LogP contribution in [-0.2, 0) is 4.74 Å². The summed E-state index contributed by atoms with van der Waals surface area (Å²) in [7, 11) is 0. The highest BCUT2D eigenvalue weighted by Gasteiger charge is 2.20. The first-order chi connectivity index (χ1) is 7.34. The lowest BCUT2D eigenvalue weighted by Gasteiger charge is -2.23. The highest BCUT2D eigenvalue weighted by Crippen LogP contribution is 2.10. The van der Waals surface area contributed by atoms with Crippen LogP contribution in [-0.4, -0.2) is 29.4 Å². The number of rotatable bonds is 4. The van der Waals surface area contributed by atoms with Crippen LogP contribution < -0.4 is 5.32 Å². The maximum atomic E-state index is 11.5. The van der Waals surface area contributed by atoms with Gasteiger partial charge in [-0.15, -0.1) is 0 Å². The lowest BCUT2D eigenvalue weighted by molar-refractivity contribution is 0.0493. The fourth-order valence-corrected chi connectivity index (χ4v) is 1.36. The van der Waals surface area contributed by atoms with Crippen LogP contribution in [0.2, 0.25) is 0 Å². The molecule has 0 spiro atoms. The minimum atomic E-state index is -0.521. The van der Waals surface area contributed by atoms with Crippen molar-refractivity contribution in [1.82, 2.24) is 5.32 Å². The second kappa shape index (κ2) is 6.53. The van der Waals surface area contributed by atoms with E-state index in [4.69, 9.17) is 4.74 Å². The summed E-state index contributed by atoms with van der Waals surface area (Å²) in [5.74, 6) is 0. The van der Waals surface area contributed by atoms with E-state index in [2.05, 4.69) is 5.32 Å². The molecule has 0 aromatic heterocycles. The van der Waals surface area contributed by atoms with Gasteiger partial charge < -0.3 is 15.2 Å². The summed E-state index contributed by atoms with van der Waals surface area (Å²) in [6.45, 7) is 9.16. The second-order valence-electron chi connectivity index (χ2n) is 4.60. The summed E-state index contributed by atoms with van der Waals surface area (Å²) in [5.41, 5.74) is 0.472. The molecule has 0 unspecified atom stereocenters. The van der Waals surface area contributed by atoms with Crippen molar-refractivity contribution in [3.63, 3.8) is 0 Å². The first-order valence-electron chi connectivity index (χ1n) is 5.59. The zero-order valence-electron chi connectivity index (χ0n) is 10.8. The monoisotopic (exact) mass is 229 g/mol. The minimum absolute atomic E-state index is 0.118. The molecule has 1 amide bonds. The zero-order chi connectivity index (χ0) is 12.8. The number of aliphatic hydroxyl groups is 1. The average molecular weight is 229 g/mol. The van der Waals surface area contributed by atoms with Gasteiger partial charge in [0.15, 0.2) is 0 Å². The van der Waals surface area contributed by atoms with Gasteiger partial charge in [0.25, 0.3) is 0 Å². The summed E-state index contributed by atoms with van der Waals surface area (Å²) in [5, 5.41) is 11.8. The van der Waals surface area contributed by atoms with E-state index in [-0.39, 0.29) is 12.6 Å². The Balaban J connectivity index is 4.39. The van der Waals surface area contributed by atoms with Gasteiger partial charge in [0, 0.05) is 0 Å². The van der Waals surface area contributed by atoms with E-state index in [1.54, 1.807) is 20.8 Å². The van der Waals surface area contributed by atoms with Crippen molar-refractivity contribution in [2.75, 3.05) is 6.61 Å². The maximum Gasteiger partial charge on any atom is 0.408 e. The van der Waals surface area contributed by atoms with E-state index in [1.165, 1.54) is 0 Å². The van der Waals surface area contributed by atoms with Gasteiger partial charge in [-0.2, -0.15) is 0 Å². The number of carbonyl (C=O) groups excluding carboxylic acids is 1. The summed E-state index contributed by atoms with van der Waals surface area (Å²) in [6, 6.07) is -0.357. The lowest BCUT2D eigenvalue weighted by atomic mass is 10.1. The van der Waals surface area contributed by atoms with Crippen LogP contribution in [0, 0.1) is 0 Å². The molecule has 0 aliphatic rings. The van der Waals surface area contributed by atoms with E-state index < -0.39 is 11.7 Å². The fraction of sp³-hybridized carbons (Fsp3) is 0.750. The molecule has 0 aliphatic carbocycles. The third kappa shape index (κ3) is 5.75. The molecule has 0 rings (SSSR count). The normalized spacial score (nSPS) is 14.5. The predicted octanol–water partition coefficient (Wildman–Crippen LogP) is 2.23. The molecule has 0 radical (unpaired) electrons. The second-order valence-corrected chi connectivity index (χ2v) is 4.60. The zero-order valence-corrected chi connectivity index (χ0v) is 10.8. The first-order valence-corrected chi connectivity index (χ1v) is 5.59. The number of hydrogen-bond acceptors (Lipinski definition) is 3. The SMILES string of the molecule is C/C=C(\CC)[C@@H](CO)NC(=O)OC(C)(C)C. The number of ether oxygens (including phenoxy) is 1. The van der Waals surface area contributed by atoms with E-state index in [1.807, 2.05) is 19.9 Å². The third-order valence-electron chi connectivity index (χ3n) is 2.10. The predicted molar refractivity (Wildman–Crippen MR) is 64.3 cm³/mol. The van der Waals surface area contributed by atoms with Crippen molar-refractivity contribution in [1.29, 1.82) is 0 Å². The average Bonchev–Trinajstić information content (AvgIpc) is 2.15. The number of amides is 1. The summed E-state index contributed by atoms with van der Waals surface area (Å²) >= 11 is 0. The number of hydrogen-bond donors (Lipinski definition) is 2. The summed E-state index contributed by atoms with van der Waals surface area (Å²) in [4.78, 5) is 11.5. The number of allylic oxidation sites excluding steroid dienone is 1. The standard InChI is InChI=1S/C12H23NO3/c1-6-9(7-2)10(8-14)13-11(15)16-12(3,4)5/h6,10,14H,7-8H2,1-5H3,(H,13,15)/b9-6+/t10-/m1/s1. The Morgan fingerprint density at radius 1 is 1.50 bits per heavy atom. The Kier molecular flexibility index (Phi) is 6.11. The quantitative estimate of drug-likeness (QED) is 0.727. The van der Waals surface area contributed by atoms with Gasteiger partial charge in [0.1, 0.15) is 5.60 Å². The number of carbonyl (C=O) groups is 1. The molecule has 0 aromatic rings. The smallest absolute Gasteiger partial charge is 0.408 e. The fourth-order valence-electron chi connectivity index (χ4n) is 1.36. The molecule has 0 saturated heterocycles. The number of nitrogens with one attached hydrogen (secondary N) is 1. The lowest BCUT2D eigenvalue weighted by Crippen LogP contribution is -2.42. The van der Waals surface area contributed by atoms with E-state index >= 15 is 0 Å². The van der Waals surface area contributed by atoms with Gasteiger partial charge in [0.2, 0.25) is 0 Å². The molecular formula is C12H23NO3. The van der Waals surface area contributed by atoms with Crippen LogP contribution in [0.4, 0.5) is 4.79 Å². The molecule has 0 heterocycles. The molecule has 4 heteroatoms. The van der Waals surface area contributed by atoms with Gasteiger partial charge in [-0.25, -0.2) is 4.79 Å². The van der Waals surface area contributed by atoms with Crippen molar-refractivity contribution in [2.24, 2.45) is 0 Å². The van der Waals surface area contributed by atoms with Crippen LogP contribution in [0.25, 0.3) is 0 Å². The summed E-state index contributed by atoms with van der Waals surface area (Å²) in [6.07, 6.45) is 2.19. The minimum Gasteiger partial charge on any atom is -0.444 e. The molecule has 94 valence electrons. The highest BCUT2D eigenvalue weighted by molar-refractivity contribution is 5.68. The molecule has 1 atom stereocenters. The van der Waals surface area contributed by atoms with Crippen LogP contribution in [0.3, 0.4) is 0 Å². The largest absolute Gasteiger partial charge is 0.444 e. The first kappa shape index (κ1) is 15.0. The van der Waals surface area contributed by atoms with Gasteiger partial charge in [-0.3, -0.25) is 0 Å². The van der Waals surface area contributed by atoms with Crippen LogP contribution in [0.15, 0.2) is 11.6 Å². The van der Waals surface area contributed by atoms with Crippen molar-refractivity contribution in [3.8, 4) is 0 Å². The maximum absolute atomic E-state index is 11.5. The molecule has 0 fully saturated rings. The highest BCUT2D eigenvalue weighted by atomic mass is 16.6. The van der Waals surface area contributed by atoms with E-state index in [9.17, 15) is 9.90 Å². The molecule has 4 nitrogen and oxygen atoms in total. The van der Waals surface area contributed by atoms with Gasteiger partial charge in [-0.1, -0.05) is 18.6 Å². The topological polar surface area (TPSA) is 58.6 Å². The van der Waals surface area contributed by atoms with Crippen molar-refractivity contribution in [3.05, 3.63) is 11.6 Å². The van der Waals surface area contributed by atoms with E-state index in [0.717, 1.165) is 12.0 Å². The summed E-state index contributed by atoms with van der Waals surface area (Å²) < 4.78 is 5.12. The van der Waals surface area contributed by atoms with Crippen molar-refractivity contribution >= 4 is 6.09 Å². The Bertz CT molecular complexity index is 253. The van der Waals surface area contributed by atoms with Gasteiger partial charge in [0.05, 0.1) is 12.6 Å². The molecule has 0 aromatic carbocycles.